The first-order valence-electron chi connectivity index (χ1n) is 14.6. The molecule has 0 spiro atoms. The number of carbonyl (C=O) groups excluding carboxylic acids is 1. The Balaban J connectivity index is 1.11. The Bertz CT molecular complexity index is 1300. The predicted molar refractivity (Wildman–Crippen MR) is 165 cm³/mol. The van der Waals surface area contributed by atoms with E-state index in [1.165, 1.54) is 22.0 Å². The molecule has 2 heterocycles. The van der Waals surface area contributed by atoms with Crippen LogP contribution in [0, 0.1) is 5.92 Å². The summed E-state index contributed by atoms with van der Waals surface area (Å²) in [4.78, 5) is 15.2. The van der Waals surface area contributed by atoms with E-state index >= 15 is 0 Å². The molecule has 3 aliphatic rings. The highest BCUT2D eigenvalue weighted by Gasteiger charge is 2.35. The lowest BCUT2D eigenvalue weighted by molar-refractivity contribution is -0.129. The molecular formula is C30H38Cl3N3O5S. The van der Waals surface area contributed by atoms with Crippen LogP contribution < -0.4 is 5.32 Å². The van der Waals surface area contributed by atoms with E-state index in [2.05, 4.69) is 40.5 Å². The van der Waals surface area contributed by atoms with Crippen molar-refractivity contribution in [1.82, 2.24) is 14.5 Å². The van der Waals surface area contributed by atoms with Gasteiger partial charge in [-0.15, -0.1) is 0 Å². The van der Waals surface area contributed by atoms with E-state index in [1.54, 1.807) is 0 Å². The number of morpholine rings is 1. The summed E-state index contributed by atoms with van der Waals surface area (Å²) in [6.07, 6.45) is 4.77. The Morgan fingerprint density at radius 3 is 2.31 bits per heavy atom. The van der Waals surface area contributed by atoms with Crippen molar-refractivity contribution in [1.29, 1.82) is 0 Å². The second-order valence-corrected chi connectivity index (χ2v) is 14.4. The van der Waals surface area contributed by atoms with Crippen LogP contribution in [0.5, 0.6) is 0 Å². The van der Waals surface area contributed by atoms with Crippen molar-refractivity contribution in [3.05, 3.63) is 63.1 Å². The zero-order valence-electron chi connectivity index (χ0n) is 23.5. The average Bonchev–Trinajstić information content (AvgIpc) is 2.98. The first kappa shape index (κ1) is 32.0. The molecular weight excluding hydrogens is 621 g/mol. The number of sulfonamides is 1. The molecule has 2 atom stereocenters. The largest absolute Gasteiger partial charge is 0.379 e. The number of ether oxygens (including phenoxy) is 2. The molecule has 1 amide bonds. The summed E-state index contributed by atoms with van der Waals surface area (Å²) in [6, 6.07) is 13.9. The van der Waals surface area contributed by atoms with Gasteiger partial charge in [-0.1, -0.05) is 65.1 Å². The SMILES string of the molecule is O=C(COC1CCCN(S(=O)(=O)c2c(Cl)cc(Cl)cc2Cl)C1)NC1CCC(C(c2ccccc2)N2CCOCC2)CC1. The number of halogens is 3. The zero-order chi connectivity index (χ0) is 29.7. The number of rotatable bonds is 9. The molecule has 12 heteroatoms. The van der Waals surface area contributed by atoms with Gasteiger partial charge < -0.3 is 14.8 Å². The van der Waals surface area contributed by atoms with Gasteiger partial charge in [0.2, 0.25) is 15.9 Å². The van der Waals surface area contributed by atoms with Gasteiger partial charge in [0.25, 0.3) is 0 Å². The molecule has 5 rings (SSSR count). The van der Waals surface area contributed by atoms with Crippen molar-refractivity contribution in [2.24, 2.45) is 5.92 Å². The summed E-state index contributed by atoms with van der Waals surface area (Å²) in [6.45, 7) is 3.74. The lowest BCUT2D eigenvalue weighted by atomic mass is 9.78. The highest BCUT2D eigenvalue weighted by atomic mass is 35.5. The summed E-state index contributed by atoms with van der Waals surface area (Å²) in [5.74, 6) is 0.350. The normalized spacial score (nSPS) is 25.2. The molecule has 2 aliphatic heterocycles. The van der Waals surface area contributed by atoms with E-state index < -0.39 is 16.1 Å². The minimum atomic E-state index is -3.96. The number of piperidine rings is 1. The number of benzene rings is 2. The Hall–Kier alpha value is -1.43. The molecule has 8 nitrogen and oxygen atoms in total. The Morgan fingerprint density at radius 2 is 1.64 bits per heavy atom. The standard InChI is InChI=1S/C30H38Cl3N3O5S/c31-23-17-26(32)30(27(33)18-23)42(38,39)36-12-4-7-25(19-36)41-20-28(37)34-24-10-8-22(9-11-24)29(21-5-2-1-3-6-21)35-13-15-40-16-14-35/h1-3,5-6,17-18,22,24-25,29H,4,7-16,19-20H2,(H,34,37). The molecule has 0 bridgehead atoms. The Morgan fingerprint density at radius 1 is 0.976 bits per heavy atom. The molecule has 0 radical (unpaired) electrons. The lowest BCUT2D eigenvalue weighted by Gasteiger charge is -2.42. The van der Waals surface area contributed by atoms with Crippen LogP contribution in [0.15, 0.2) is 47.4 Å². The minimum absolute atomic E-state index is 0.0234. The van der Waals surface area contributed by atoms with Gasteiger partial charge in [-0.05, 0) is 62.1 Å². The average molecular weight is 659 g/mol. The molecule has 2 aromatic carbocycles. The van der Waals surface area contributed by atoms with Gasteiger partial charge in [0, 0.05) is 43.3 Å². The molecule has 2 unspecified atom stereocenters. The molecule has 1 saturated carbocycles. The second kappa shape index (κ2) is 14.6. The summed E-state index contributed by atoms with van der Waals surface area (Å²) in [5, 5.41) is 3.36. The molecule has 1 N–H and O–H groups in total. The van der Waals surface area contributed by atoms with E-state index in [9.17, 15) is 13.2 Å². The summed E-state index contributed by atoms with van der Waals surface area (Å²) >= 11 is 18.4. The Labute approximate surface area is 263 Å². The number of hydrogen-bond donors (Lipinski definition) is 1. The van der Waals surface area contributed by atoms with Crippen LogP contribution >= 0.6 is 34.8 Å². The van der Waals surface area contributed by atoms with Crippen molar-refractivity contribution in [2.75, 3.05) is 46.0 Å². The fourth-order valence-corrected chi connectivity index (χ4v) is 9.50. The number of carbonyl (C=O) groups is 1. The van der Waals surface area contributed by atoms with Gasteiger partial charge in [-0.25, -0.2) is 8.42 Å². The van der Waals surface area contributed by atoms with Crippen molar-refractivity contribution >= 4 is 50.7 Å². The highest BCUT2D eigenvalue weighted by Crippen LogP contribution is 2.39. The predicted octanol–water partition coefficient (Wildman–Crippen LogP) is 5.57. The van der Waals surface area contributed by atoms with Gasteiger partial charge >= 0.3 is 0 Å². The number of hydrogen-bond acceptors (Lipinski definition) is 6. The maximum Gasteiger partial charge on any atom is 0.246 e. The minimum Gasteiger partial charge on any atom is -0.379 e. The third kappa shape index (κ3) is 7.80. The quantitative estimate of drug-likeness (QED) is 0.380. The molecule has 3 fully saturated rings. The third-order valence-corrected chi connectivity index (χ3v) is 11.5. The van der Waals surface area contributed by atoms with Gasteiger partial charge in [0.05, 0.1) is 29.4 Å². The van der Waals surface area contributed by atoms with Crippen molar-refractivity contribution < 1.29 is 22.7 Å². The fraction of sp³-hybridized carbons (Fsp3) is 0.567. The summed E-state index contributed by atoms with van der Waals surface area (Å²) in [7, 11) is -3.96. The van der Waals surface area contributed by atoms with Gasteiger partial charge in [-0.2, -0.15) is 4.31 Å². The van der Waals surface area contributed by atoms with E-state index in [4.69, 9.17) is 44.3 Å². The van der Waals surface area contributed by atoms with Crippen molar-refractivity contribution in [2.45, 2.75) is 61.6 Å². The van der Waals surface area contributed by atoms with Crippen LogP contribution in [0.1, 0.15) is 50.1 Å². The van der Waals surface area contributed by atoms with E-state index in [0.29, 0.717) is 31.3 Å². The summed E-state index contributed by atoms with van der Waals surface area (Å²) in [5.41, 5.74) is 1.35. The number of nitrogens with one attached hydrogen (secondary N) is 1. The lowest BCUT2D eigenvalue weighted by Crippen LogP contribution is -2.46. The first-order valence-corrected chi connectivity index (χ1v) is 17.2. The second-order valence-electron chi connectivity index (χ2n) is 11.3. The molecule has 230 valence electrons. The van der Waals surface area contributed by atoms with Crippen molar-refractivity contribution in [3.63, 3.8) is 0 Å². The topological polar surface area (TPSA) is 88.2 Å². The summed E-state index contributed by atoms with van der Waals surface area (Å²) < 4.78 is 39.5. The van der Waals surface area contributed by atoms with Gasteiger partial charge in [-0.3, -0.25) is 9.69 Å². The molecule has 1 aliphatic carbocycles. The maximum atomic E-state index is 13.3. The first-order chi connectivity index (χ1) is 20.2. The molecule has 2 aromatic rings. The van der Waals surface area contributed by atoms with Crippen LogP contribution in [-0.2, 0) is 24.3 Å². The van der Waals surface area contributed by atoms with E-state index in [0.717, 1.165) is 52.0 Å². The maximum absolute atomic E-state index is 13.3. The molecule has 2 saturated heterocycles. The fourth-order valence-electron chi connectivity index (χ4n) is 6.49. The monoisotopic (exact) mass is 657 g/mol. The molecule has 0 aromatic heterocycles. The Kier molecular flexibility index (Phi) is 11.1. The van der Waals surface area contributed by atoms with Crippen LogP contribution in [0.3, 0.4) is 0 Å². The van der Waals surface area contributed by atoms with Crippen LogP contribution in [0.2, 0.25) is 15.1 Å². The number of amides is 1. The smallest absolute Gasteiger partial charge is 0.246 e. The van der Waals surface area contributed by atoms with Gasteiger partial charge in [0.1, 0.15) is 11.5 Å². The van der Waals surface area contributed by atoms with Crippen LogP contribution in [0.25, 0.3) is 0 Å². The van der Waals surface area contributed by atoms with E-state index in [-0.39, 0.29) is 45.1 Å². The van der Waals surface area contributed by atoms with Crippen LogP contribution in [-0.4, -0.2) is 81.7 Å². The third-order valence-electron chi connectivity index (χ3n) is 8.52. The van der Waals surface area contributed by atoms with Gasteiger partial charge in [0.15, 0.2) is 0 Å². The van der Waals surface area contributed by atoms with Crippen LogP contribution in [0.4, 0.5) is 0 Å². The zero-order valence-corrected chi connectivity index (χ0v) is 26.6. The van der Waals surface area contributed by atoms with Crippen molar-refractivity contribution in [3.8, 4) is 0 Å². The van der Waals surface area contributed by atoms with E-state index in [1.807, 2.05) is 0 Å². The molecule has 42 heavy (non-hydrogen) atoms. The number of nitrogens with zero attached hydrogens (tertiary/aromatic N) is 2. The highest BCUT2D eigenvalue weighted by molar-refractivity contribution is 7.89.